The van der Waals surface area contributed by atoms with E-state index in [4.69, 9.17) is 9.40 Å². The highest BCUT2D eigenvalue weighted by Gasteiger charge is 2.65. The predicted octanol–water partition coefficient (Wildman–Crippen LogP) is 5.69. The van der Waals surface area contributed by atoms with Gasteiger partial charge >= 0.3 is 0 Å². The minimum Gasteiger partial charge on any atom is -0.439 e. The molecule has 1 aromatic carbocycles. The number of aryl methyl sites for hydroxylation is 2. The van der Waals surface area contributed by atoms with Crippen LogP contribution in [0.1, 0.15) is 61.1 Å². The Morgan fingerprint density at radius 2 is 1.74 bits per heavy atom. The Bertz CT molecular complexity index is 1440. The van der Waals surface area contributed by atoms with Gasteiger partial charge in [-0.15, -0.1) is 5.10 Å². The van der Waals surface area contributed by atoms with E-state index >= 15 is 0 Å². The molecule has 3 heterocycles. The molecule has 6 nitrogen and oxygen atoms in total. The van der Waals surface area contributed by atoms with Gasteiger partial charge in [-0.1, -0.05) is 19.9 Å². The second-order valence-corrected chi connectivity index (χ2v) is 9.78. The molecule has 0 unspecified atom stereocenters. The molecule has 8 heteroatoms. The molecule has 0 saturated heterocycles. The molecule has 2 atom stereocenters. The topological polar surface area (TPSA) is 77.6 Å². The smallest absolute Gasteiger partial charge is 0.191 e. The molecule has 0 radical (unpaired) electrons. The van der Waals surface area contributed by atoms with Gasteiger partial charge in [-0.25, -0.2) is 18.7 Å². The lowest BCUT2D eigenvalue weighted by Gasteiger charge is -2.38. The van der Waals surface area contributed by atoms with Crippen molar-refractivity contribution in [1.29, 1.82) is 0 Å². The normalized spacial score (nSPS) is 22.2. The van der Waals surface area contributed by atoms with Gasteiger partial charge in [0.1, 0.15) is 17.3 Å². The zero-order valence-corrected chi connectivity index (χ0v) is 19.4. The largest absolute Gasteiger partial charge is 0.439 e. The molecule has 2 aliphatic carbocycles. The summed E-state index contributed by atoms with van der Waals surface area (Å²) in [6.45, 7) is 8.16. The van der Waals surface area contributed by atoms with Crippen LogP contribution in [0.2, 0.25) is 0 Å². The van der Waals surface area contributed by atoms with Crippen molar-refractivity contribution in [3.8, 4) is 22.7 Å². The van der Waals surface area contributed by atoms with Gasteiger partial charge in [-0.05, 0) is 54.9 Å². The van der Waals surface area contributed by atoms with Gasteiger partial charge in [0.05, 0.1) is 46.1 Å². The lowest BCUT2D eigenvalue weighted by atomic mass is 9.66. The summed E-state index contributed by atoms with van der Waals surface area (Å²) in [7, 11) is 0. The molecular formula is C26H23F2N5O. The first-order valence-electron chi connectivity index (χ1n) is 11.3. The Morgan fingerprint density at radius 3 is 2.44 bits per heavy atom. The van der Waals surface area contributed by atoms with Gasteiger partial charge in [0.25, 0.3) is 0 Å². The second kappa shape index (κ2) is 6.98. The molecule has 0 amide bonds. The highest BCUT2D eigenvalue weighted by molar-refractivity contribution is 5.64. The van der Waals surface area contributed by atoms with Gasteiger partial charge in [0.15, 0.2) is 11.7 Å². The highest BCUT2D eigenvalue weighted by Crippen LogP contribution is 2.69. The number of halogens is 2. The number of rotatable bonds is 3. The standard InChI is InChI=1S/C26H23F2N5O/c1-13-23(31-20(11-29-13)21-12-30-14(2)34-21)26-9-8-16(25(26,3)4)15-10-19(32-33-24(15)26)22-17(27)6-5-7-18(22)28/h5-7,10-12,16H,8-9H2,1-4H3/t16-,26-/m0/s1. The Kier molecular flexibility index (Phi) is 4.31. The Hall–Kier alpha value is -3.55. The van der Waals surface area contributed by atoms with Gasteiger partial charge in [0.2, 0.25) is 0 Å². The molecule has 2 bridgehead atoms. The van der Waals surface area contributed by atoms with Crippen molar-refractivity contribution < 1.29 is 13.2 Å². The lowest BCUT2D eigenvalue weighted by molar-refractivity contribution is 0.241. The number of oxazole rings is 1. The molecule has 0 N–H and O–H groups in total. The van der Waals surface area contributed by atoms with E-state index in [0.29, 0.717) is 17.3 Å². The second-order valence-electron chi connectivity index (χ2n) is 9.78. The molecule has 34 heavy (non-hydrogen) atoms. The Morgan fingerprint density at radius 1 is 0.971 bits per heavy atom. The SMILES string of the molecule is Cc1ncc(-c2cnc(C)c([C@@]34CC[C@@H](c5cc(-c6c(F)cccc6F)nnc53)C4(C)C)n2)o1. The maximum Gasteiger partial charge on any atom is 0.191 e. The molecule has 2 aliphatic rings. The summed E-state index contributed by atoms with van der Waals surface area (Å²) in [4.78, 5) is 13.9. The fourth-order valence-corrected chi connectivity index (χ4v) is 6.17. The van der Waals surface area contributed by atoms with Crippen LogP contribution in [0.25, 0.3) is 22.7 Å². The van der Waals surface area contributed by atoms with E-state index in [1.165, 1.54) is 18.2 Å². The number of hydrogen-bond donors (Lipinski definition) is 0. The number of benzene rings is 1. The molecule has 1 saturated carbocycles. The maximum absolute atomic E-state index is 14.5. The van der Waals surface area contributed by atoms with Crippen molar-refractivity contribution >= 4 is 0 Å². The minimum absolute atomic E-state index is 0.147. The van der Waals surface area contributed by atoms with Crippen molar-refractivity contribution in [3.63, 3.8) is 0 Å². The zero-order valence-electron chi connectivity index (χ0n) is 19.4. The van der Waals surface area contributed by atoms with E-state index in [0.717, 1.165) is 35.5 Å². The van der Waals surface area contributed by atoms with Crippen LogP contribution in [0.5, 0.6) is 0 Å². The Labute approximate surface area is 195 Å². The van der Waals surface area contributed by atoms with Crippen molar-refractivity contribution in [2.45, 2.75) is 51.9 Å². The van der Waals surface area contributed by atoms with Crippen LogP contribution in [0.4, 0.5) is 8.78 Å². The molecular weight excluding hydrogens is 436 g/mol. The molecule has 6 rings (SSSR count). The fraction of sp³-hybridized carbons (Fsp3) is 0.346. The van der Waals surface area contributed by atoms with Crippen LogP contribution >= 0.6 is 0 Å². The average Bonchev–Trinajstić information content (AvgIpc) is 3.40. The van der Waals surface area contributed by atoms with Gasteiger partial charge in [-0.2, -0.15) is 5.10 Å². The van der Waals surface area contributed by atoms with E-state index in [1.807, 2.05) is 13.0 Å². The maximum atomic E-state index is 14.5. The third kappa shape index (κ3) is 2.62. The van der Waals surface area contributed by atoms with Crippen LogP contribution in [0.3, 0.4) is 0 Å². The average molecular weight is 460 g/mol. The monoisotopic (exact) mass is 459 g/mol. The summed E-state index contributed by atoms with van der Waals surface area (Å²) in [6.07, 6.45) is 5.10. The summed E-state index contributed by atoms with van der Waals surface area (Å²) >= 11 is 0. The third-order valence-electron chi connectivity index (χ3n) is 7.83. The lowest BCUT2D eigenvalue weighted by Crippen LogP contribution is -2.38. The summed E-state index contributed by atoms with van der Waals surface area (Å²) in [5.41, 5.74) is 3.36. The molecule has 1 fully saturated rings. The Balaban J connectivity index is 1.56. The number of nitrogens with zero attached hydrogens (tertiary/aromatic N) is 5. The van der Waals surface area contributed by atoms with E-state index in [1.54, 1.807) is 19.3 Å². The van der Waals surface area contributed by atoms with Gasteiger partial charge < -0.3 is 4.42 Å². The van der Waals surface area contributed by atoms with Crippen molar-refractivity contribution in [1.82, 2.24) is 25.1 Å². The van der Waals surface area contributed by atoms with Crippen molar-refractivity contribution in [2.24, 2.45) is 5.41 Å². The first-order valence-corrected chi connectivity index (χ1v) is 11.3. The minimum atomic E-state index is -0.650. The van der Waals surface area contributed by atoms with Crippen LogP contribution in [-0.4, -0.2) is 25.1 Å². The summed E-state index contributed by atoms with van der Waals surface area (Å²) in [6, 6.07) is 5.63. The van der Waals surface area contributed by atoms with Crippen LogP contribution in [-0.2, 0) is 5.41 Å². The third-order valence-corrected chi connectivity index (χ3v) is 7.83. The summed E-state index contributed by atoms with van der Waals surface area (Å²) < 4.78 is 34.7. The summed E-state index contributed by atoms with van der Waals surface area (Å²) in [5.74, 6) is -0.0248. The molecule has 3 aromatic heterocycles. The van der Waals surface area contributed by atoms with E-state index < -0.39 is 17.0 Å². The number of fused-ring (bicyclic) bond motifs is 5. The number of aromatic nitrogens is 5. The van der Waals surface area contributed by atoms with E-state index in [-0.39, 0.29) is 22.6 Å². The molecule has 0 aliphatic heterocycles. The van der Waals surface area contributed by atoms with Gasteiger partial charge in [-0.3, -0.25) is 4.98 Å². The highest BCUT2D eigenvalue weighted by atomic mass is 19.1. The number of hydrogen-bond acceptors (Lipinski definition) is 6. The van der Waals surface area contributed by atoms with Crippen molar-refractivity contribution in [2.75, 3.05) is 0 Å². The quantitative estimate of drug-likeness (QED) is 0.392. The molecule has 172 valence electrons. The van der Waals surface area contributed by atoms with Gasteiger partial charge in [0, 0.05) is 6.92 Å². The molecule has 0 spiro atoms. The first kappa shape index (κ1) is 21.0. The van der Waals surface area contributed by atoms with E-state index in [2.05, 4.69) is 34.0 Å². The summed E-state index contributed by atoms with van der Waals surface area (Å²) in [5, 5.41) is 8.91. The van der Waals surface area contributed by atoms with Crippen LogP contribution in [0.15, 0.2) is 41.1 Å². The molecule has 4 aromatic rings. The van der Waals surface area contributed by atoms with E-state index in [9.17, 15) is 8.78 Å². The van der Waals surface area contributed by atoms with Crippen LogP contribution < -0.4 is 0 Å². The first-order chi connectivity index (χ1) is 16.2. The predicted molar refractivity (Wildman–Crippen MR) is 121 cm³/mol. The zero-order chi connectivity index (χ0) is 23.8. The van der Waals surface area contributed by atoms with Crippen molar-refractivity contribution in [3.05, 3.63) is 76.8 Å². The van der Waals surface area contributed by atoms with Crippen LogP contribution in [0, 0.1) is 30.9 Å². The fourth-order valence-electron chi connectivity index (χ4n) is 6.17.